The van der Waals surface area contributed by atoms with E-state index in [4.69, 9.17) is 11.6 Å². The second-order valence-corrected chi connectivity index (χ2v) is 4.47. The maximum absolute atomic E-state index is 12.5. The molecular weight excluding hydrogens is 261 g/mol. The zero-order valence-corrected chi connectivity index (χ0v) is 10.3. The molecule has 0 aliphatic heterocycles. The normalized spacial score (nSPS) is 11.6. The molecule has 2 aromatic carbocycles. The molecule has 0 aliphatic carbocycles. The lowest BCUT2D eigenvalue weighted by atomic mass is 10.0. The molecule has 0 unspecified atom stereocenters. The van der Waals surface area contributed by atoms with Gasteiger partial charge in [-0.25, -0.2) is 0 Å². The first-order chi connectivity index (χ1) is 8.38. The van der Waals surface area contributed by atoms with Crippen molar-refractivity contribution in [3.63, 3.8) is 0 Å². The quantitative estimate of drug-likeness (QED) is 0.657. The molecule has 0 heterocycles. The fourth-order valence-corrected chi connectivity index (χ4v) is 1.95. The van der Waals surface area contributed by atoms with Gasteiger partial charge < -0.3 is 0 Å². The zero-order chi connectivity index (χ0) is 13.3. The highest BCUT2D eigenvalue weighted by molar-refractivity contribution is 6.33. The van der Waals surface area contributed by atoms with Crippen molar-refractivity contribution < 1.29 is 13.2 Å². The monoisotopic (exact) mass is 270 g/mol. The van der Waals surface area contributed by atoms with E-state index in [1.54, 1.807) is 0 Å². The number of aryl methyl sites for hydroxylation is 1. The molecule has 0 saturated heterocycles. The summed E-state index contributed by atoms with van der Waals surface area (Å²) in [5.41, 5.74) is 1.76. The first kappa shape index (κ1) is 13.0. The Morgan fingerprint density at radius 2 is 1.56 bits per heavy atom. The van der Waals surface area contributed by atoms with Crippen LogP contribution in [0.4, 0.5) is 13.2 Å². The van der Waals surface area contributed by atoms with Gasteiger partial charge in [0.25, 0.3) is 0 Å². The van der Waals surface area contributed by atoms with Gasteiger partial charge in [-0.3, -0.25) is 0 Å². The van der Waals surface area contributed by atoms with Gasteiger partial charge in [-0.05, 0) is 24.6 Å². The summed E-state index contributed by atoms with van der Waals surface area (Å²) in [5.74, 6) is 0. The smallest absolute Gasteiger partial charge is 0.166 e. The number of halogens is 4. The number of benzene rings is 2. The average Bonchev–Trinajstić information content (AvgIpc) is 2.29. The molecule has 94 valence electrons. The van der Waals surface area contributed by atoms with E-state index in [0.717, 1.165) is 23.3 Å². The van der Waals surface area contributed by atoms with Crippen LogP contribution in [0.15, 0.2) is 42.5 Å². The molecule has 0 atom stereocenters. The Hall–Kier alpha value is -1.48. The minimum atomic E-state index is -4.37. The number of hydrogen-bond donors (Lipinski definition) is 0. The van der Waals surface area contributed by atoms with Crippen LogP contribution in [0.5, 0.6) is 0 Å². The molecule has 2 rings (SSSR count). The Kier molecular flexibility index (Phi) is 3.35. The predicted molar refractivity (Wildman–Crippen MR) is 66.6 cm³/mol. The lowest BCUT2D eigenvalue weighted by Crippen LogP contribution is -2.04. The van der Waals surface area contributed by atoms with Crippen molar-refractivity contribution in [1.82, 2.24) is 0 Å². The summed E-state index contributed by atoms with van der Waals surface area (Å²) >= 11 is 5.91. The lowest BCUT2D eigenvalue weighted by Gasteiger charge is -2.10. The summed E-state index contributed by atoms with van der Waals surface area (Å²) in [6.07, 6.45) is -4.37. The topological polar surface area (TPSA) is 0 Å². The first-order valence-electron chi connectivity index (χ1n) is 5.32. The standard InChI is InChI=1S/C14H10ClF3/c1-9-2-4-10(5-3-9)12-7-6-11(8-13(12)15)14(16,17)18/h2-8H,1H3. The van der Waals surface area contributed by atoms with Gasteiger partial charge in [0.15, 0.2) is 0 Å². The van der Waals surface area contributed by atoms with Crippen LogP contribution in [0, 0.1) is 6.92 Å². The van der Waals surface area contributed by atoms with E-state index < -0.39 is 11.7 Å². The Labute approximate surface area is 108 Å². The molecule has 0 bridgehead atoms. The SMILES string of the molecule is Cc1ccc(-c2ccc(C(F)(F)F)cc2Cl)cc1. The van der Waals surface area contributed by atoms with Gasteiger partial charge in [0.2, 0.25) is 0 Å². The third-order valence-corrected chi connectivity index (χ3v) is 2.97. The molecule has 0 fully saturated rings. The van der Waals surface area contributed by atoms with E-state index in [1.807, 2.05) is 31.2 Å². The van der Waals surface area contributed by atoms with Crippen molar-refractivity contribution in [2.45, 2.75) is 13.1 Å². The second kappa shape index (κ2) is 4.65. The van der Waals surface area contributed by atoms with Crippen LogP contribution in [0.25, 0.3) is 11.1 Å². The maximum atomic E-state index is 12.5. The summed E-state index contributed by atoms with van der Waals surface area (Å²) in [5, 5.41) is 0.105. The van der Waals surface area contributed by atoms with Crippen molar-refractivity contribution in [1.29, 1.82) is 0 Å². The van der Waals surface area contributed by atoms with Crippen LogP contribution < -0.4 is 0 Å². The molecule has 0 saturated carbocycles. The van der Waals surface area contributed by atoms with E-state index in [1.165, 1.54) is 6.07 Å². The van der Waals surface area contributed by atoms with Crippen LogP contribution in [-0.2, 0) is 6.18 Å². The van der Waals surface area contributed by atoms with Crippen molar-refractivity contribution in [2.24, 2.45) is 0 Å². The highest BCUT2D eigenvalue weighted by Gasteiger charge is 2.30. The molecule has 0 aliphatic rings. The predicted octanol–water partition coefficient (Wildman–Crippen LogP) is 5.33. The molecule has 4 heteroatoms. The lowest BCUT2D eigenvalue weighted by molar-refractivity contribution is -0.137. The van der Waals surface area contributed by atoms with Gasteiger partial charge >= 0.3 is 6.18 Å². The molecule has 0 radical (unpaired) electrons. The van der Waals surface area contributed by atoms with Crippen molar-refractivity contribution in [3.8, 4) is 11.1 Å². The second-order valence-electron chi connectivity index (χ2n) is 4.06. The highest BCUT2D eigenvalue weighted by atomic mass is 35.5. The molecule has 0 N–H and O–H groups in total. The number of hydrogen-bond acceptors (Lipinski definition) is 0. The Bertz CT molecular complexity index is 556. The van der Waals surface area contributed by atoms with E-state index in [9.17, 15) is 13.2 Å². The van der Waals surface area contributed by atoms with Crippen molar-refractivity contribution in [2.75, 3.05) is 0 Å². The molecule has 18 heavy (non-hydrogen) atoms. The third-order valence-electron chi connectivity index (χ3n) is 2.66. The number of alkyl halides is 3. The first-order valence-corrected chi connectivity index (χ1v) is 5.69. The largest absolute Gasteiger partial charge is 0.416 e. The van der Waals surface area contributed by atoms with E-state index in [0.29, 0.717) is 5.56 Å². The summed E-state index contributed by atoms with van der Waals surface area (Å²) in [6.45, 7) is 1.94. The van der Waals surface area contributed by atoms with E-state index >= 15 is 0 Å². The molecule has 0 spiro atoms. The average molecular weight is 271 g/mol. The van der Waals surface area contributed by atoms with Crippen LogP contribution >= 0.6 is 11.6 Å². The van der Waals surface area contributed by atoms with Crippen LogP contribution in [0.2, 0.25) is 5.02 Å². The summed E-state index contributed by atoms with van der Waals surface area (Å²) in [6, 6.07) is 10.9. The maximum Gasteiger partial charge on any atom is 0.416 e. The van der Waals surface area contributed by atoms with Gasteiger partial charge in [-0.1, -0.05) is 47.5 Å². The summed E-state index contributed by atoms with van der Waals surface area (Å²) in [4.78, 5) is 0. The van der Waals surface area contributed by atoms with Gasteiger partial charge in [0.05, 0.1) is 5.56 Å². The minimum Gasteiger partial charge on any atom is -0.166 e. The Morgan fingerprint density at radius 1 is 0.944 bits per heavy atom. The molecule has 0 aromatic heterocycles. The minimum absolute atomic E-state index is 0.105. The van der Waals surface area contributed by atoms with Crippen molar-refractivity contribution in [3.05, 3.63) is 58.6 Å². The van der Waals surface area contributed by atoms with Crippen molar-refractivity contribution >= 4 is 11.6 Å². The van der Waals surface area contributed by atoms with Crippen LogP contribution in [0.3, 0.4) is 0 Å². The summed E-state index contributed by atoms with van der Waals surface area (Å²) in [7, 11) is 0. The van der Waals surface area contributed by atoms with Gasteiger partial charge in [-0.2, -0.15) is 13.2 Å². The van der Waals surface area contributed by atoms with Crippen LogP contribution in [-0.4, -0.2) is 0 Å². The fourth-order valence-electron chi connectivity index (χ4n) is 1.66. The Balaban J connectivity index is 2.45. The fraction of sp³-hybridized carbons (Fsp3) is 0.143. The van der Waals surface area contributed by atoms with Gasteiger partial charge in [0, 0.05) is 10.6 Å². The van der Waals surface area contributed by atoms with Crippen LogP contribution in [0.1, 0.15) is 11.1 Å². The third kappa shape index (κ3) is 2.67. The van der Waals surface area contributed by atoms with E-state index in [2.05, 4.69) is 0 Å². The number of rotatable bonds is 1. The molecule has 0 amide bonds. The molecular formula is C14H10ClF3. The highest BCUT2D eigenvalue weighted by Crippen LogP contribution is 2.35. The van der Waals surface area contributed by atoms with E-state index in [-0.39, 0.29) is 5.02 Å². The van der Waals surface area contributed by atoms with Gasteiger partial charge in [-0.15, -0.1) is 0 Å². The zero-order valence-electron chi connectivity index (χ0n) is 9.55. The summed E-state index contributed by atoms with van der Waals surface area (Å²) < 4.78 is 37.5. The Morgan fingerprint density at radius 3 is 2.06 bits per heavy atom. The van der Waals surface area contributed by atoms with Gasteiger partial charge in [0.1, 0.15) is 0 Å². The molecule has 0 nitrogen and oxygen atoms in total. The molecule has 2 aromatic rings.